The molecule has 34 heavy (non-hydrogen) atoms. The molecule has 2 aliphatic carbocycles. The van der Waals surface area contributed by atoms with Gasteiger partial charge in [0, 0.05) is 45.8 Å². The lowest BCUT2D eigenvalue weighted by molar-refractivity contribution is -0.114. The SMILES string of the molecule is COC1=C(c2c(C)cc(C)cc2Br)C(=O)CC1.COC1=C(c2c(C)cc(C)cc2Br)C(=O)CC1. The Morgan fingerprint density at radius 1 is 0.618 bits per heavy atom. The van der Waals surface area contributed by atoms with Crippen molar-refractivity contribution >= 4 is 54.6 Å². The molecule has 4 nitrogen and oxygen atoms in total. The maximum atomic E-state index is 12.0. The molecule has 0 atom stereocenters. The number of halogens is 2. The van der Waals surface area contributed by atoms with Crippen LogP contribution in [0.3, 0.4) is 0 Å². The number of carbonyl (C=O) groups excluding carboxylic acids is 2. The van der Waals surface area contributed by atoms with Crippen LogP contribution in [-0.4, -0.2) is 25.8 Å². The number of hydrogen-bond acceptors (Lipinski definition) is 4. The van der Waals surface area contributed by atoms with E-state index in [9.17, 15) is 9.59 Å². The Bertz CT molecular complexity index is 1080. The van der Waals surface area contributed by atoms with Crippen LogP contribution in [0.5, 0.6) is 0 Å². The molecule has 0 aromatic heterocycles. The molecular formula is C28H30Br2O4. The molecule has 6 heteroatoms. The van der Waals surface area contributed by atoms with Crippen LogP contribution in [0.25, 0.3) is 11.1 Å². The van der Waals surface area contributed by atoms with Crippen molar-refractivity contribution in [2.75, 3.05) is 14.2 Å². The Hall–Kier alpha value is -2.18. The van der Waals surface area contributed by atoms with Crippen LogP contribution >= 0.6 is 31.9 Å². The molecule has 180 valence electrons. The quantitative estimate of drug-likeness (QED) is 0.369. The van der Waals surface area contributed by atoms with Crippen molar-refractivity contribution in [3.63, 3.8) is 0 Å². The number of ether oxygens (including phenoxy) is 2. The molecule has 0 unspecified atom stereocenters. The summed E-state index contributed by atoms with van der Waals surface area (Å²) >= 11 is 7.10. The van der Waals surface area contributed by atoms with Gasteiger partial charge in [0.05, 0.1) is 25.4 Å². The first-order valence-electron chi connectivity index (χ1n) is 11.2. The average Bonchev–Trinajstić information content (AvgIpc) is 3.30. The maximum absolute atomic E-state index is 12.0. The van der Waals surface area contributed by atoms with Crippen molar-refractivity contribution < 1.29 is 19.1 Å². The normalized spacial score (nSPS) is 15.6. The number of benzene rings is 2. The molecule has 2 aromatic carbocycles. The highest BCUT2D eigenvalue weighted by Gasteiger charge is 2.29. The van der Waals surface area contributed by atoms with Gasteiger partial charge in [0.2, 0.25) is 0 Å². The van der Waals surface area contributed by atoms with Gasteiger partial charge in [-0.25, -0.2) is 0 Å². The van der Waals surface area contributed by atoms with Gasteiger partial charge in [-0.3, -0.25) is 9.59 Å². The molecule has 2 aliphatic rings. The summed E-state index contributed by atoms with van der Waals surface area (Å²) in [6.07, 6.45) is 2.53. The largest absolute Gasteiger partial charge is 0.500 e. The monoisotopic (exact) mass is 588 g/mol. The van der Waals surface area contributed by atoms with Crippen molar-refractivity contribution in [2.45, 2.75) is 53.4 Å². The molecule has 2 aromatic rings. The summed E-state index contributed by atoms with van der Waals surface area (Å²) in [4.78, 5) is 23.9. The maximum Gasteiger partial charge on any atom is 0.167 e. The minimum absolute atomic E-state index is 0.175. The van der Waals surface area contributed by atoms with Crippen molar-refractivity contribution in [3.05, 3.63) is 78.1 Å². The third kappa shape index (κ3) is 5.38. The van der Waals surface area contributed by atoms with E-state index in [4.69, 9.17) is 9.47 Å². The summed E-state index contributed by atoms with van der Waals surface area (Å²) in [5.41, 5.74) is 8.04. The number of allylic oxidation sites excluding steroid dienone is 4. The van der Waals surface area contributed by atoms with Gasteiger partial charge in [-0.15, -0.1) is 0 Å². The third-order valence-corrected chi connectivity index (χ3v) is 7.38. The molecule has 0 fully saturated rings. The van der Waals surface area contributed by atoms with Gasteiger partial charge in [-0.05, 0) is 62.1 Å². The van der Waals surface area contributed by atoms with E-state index in [1.54, 1.807) is 14.2 Å². The Balaban J connectivity index is 0.000000191. The van der Waals surface area contributed by atoms with Crippen LogP contribution in [0.4, 0.5) is 0 Å². The van der Waals surface area contributed by atoms with Crippen molar-refractivity contribution in [1.82, 2.24) is 0 Å². The lowest BCUT2D eigenvalue weighted by Gasteiger charge is -2.12. The van der Waals surface area contributed by atoms with E-state index in [0.717, 1.165) is 53.9 Å². The van der Waals surface area contributed by atoms with Gasteiger partial charge in [0.15, 0.2) is 11.6 Å². The highest BCUT2D eigenvalue weighted by Crippen LogP contribution is 2.38. The van der Waals surface area contributed by atoms with Gasteiger partial charge in [0.1, 0.15) is 11.5 Å². The number of ketones is 2. The number of hydrogen-bond donors (Lipinski definition) is 0. The first-order chi connectivity index (χ1) is 16.1. The Labute approximate surface area is 218 Å². The first-order valence-corrected chi connectivity index (χ1v) is 12.8. The number of carbonyl (C=O) groups is 2. The van der Waals surface area contributed by atoms with Crippen LogP contribution in [0, 0.1) is 27.7 Å². The molecule has 0 saturated carbocycles. The zero-order chi connectivity index (χ0) is 25.2. The lowest BCUT2D eigenvalue weighted by Crippen LogP contribution is -2.01. The van der Waals surface area contributed by atoms with Crippen molar-refractivity contribution in [1.29, 1.82) is 0 Å². The van der Waals surface area contributed by atoms with E-state index >= 15 is 0 Å². The summed E-state index contributed by atoms with van der Waals surface area (Å²) in [5, 5.41) is 0. The van der Waals surface area contributed by atoms with Gasteiger partial charge in [0.25, 0.3) is 0 Å². The van der Waals surface area contributed by atoms with Gasteiger partial charge >= 0.3 is 0 Å². The first kappa shape index (κ1) is 26.4. The highest BCUT2D eigenvalue weighted by molar-refractivity contribution is 9.10. The summed E-state index contributed by atoms with van der Waals surface area (Å²) in [5.74, 6) is 1.97. The summed E-state index contributed by atoms with van der Waals surface area (Å²) in [7, 11) is 3.26. The van der Waals surface area contributed by atoms with E-state index < -0.39 is 0 Å². The summed E-state index contributed by atoms with van der Waals surface area (Å²) in [6.45, 7) is 8.14. The minimum atomic E-state index is 0.175. The predicted octanol–water partition coefficient (Wildman–Crippen LogP) is 7.57. The molecule has 0 radical (unpaired) electrons. The summed E-state index contributed by atoms with van der Waals surface area (Å²) in [6, 6.07) is 8.25. The highest BCUT2D eigenvalue weighted by atomic mass is 79.9. The second-order valence-corrected chi connectivity index (χ2v) is 10.4. The molecule has 4 rings (SSSR count). The van der Waals surface area contributed by atoms with E-state index in [2.05, 4.69) is 44.0 Å². The lowest BCUT2D eigenvalue weighted by atomic mass is 9.97. The number of methoxy groups -OCH3 is 2. The Morgan fingerprint density at radius 3 is 1.26 bits per heavy atom. The molecule has 0 aliphatic heterocycles. The van der Waals surface area contributed by atoms with Crippen LogP contribution < -0.4 is 0 Å². The van der Waals surface area contributed by atoms with E-state index in [-0.39, 0.29) is 11.6 Å². The topological polar surface area (TPSA) is 52.6 Å². The number of aryl methyl sites for hydroxylation is 4. The fraction of sp³-hybridized carbons (Fsp3) is 0.357. The molecule has 0 heterocycles. The van der Waals surface area contributed by atoms with Gasteiger partial charge < -0.3 is 9.47 Å². The van der Waals surface area contributed by atoms with Crippen LogP contribution in [0.15, 0.2) is 44.7 Å². The van der Waals surface area contributed by atoms with Crippen LogP contribution in [-0.2, 0) is 19.1 Å². The standard InChI is InChI=1S/2C14H15BrO2/c2*1-8-6-9(2)13(10(15)7-8)14-11(16)4-5-12(14)17-3/h2*6-7H,4-5H2,1-3H3. The predicted molar refractivity (Wildman–Crippen MR) is 144 cm³/mol. The second kappa shape index (κ2) is 11.0. The van der Waals surface area contributed by atoms with E-state index in [0.29, 0.717) is 25.7 Å². The number of rotatable bonds is 4. The fourth-order valence-corrected chi connectivity index (χ4v) is 6.44. The zero-order valence-electron chi connectivity index (χ0n) is 20.5. The molecule has 0 amide bonds. The zero-order valence-corrected chi connectivity index (χ0v) is 23.7. The van der Waals surface area contributed by atoms with Gasteiger partial charge in [-0.2, -0.15) is 0 Å². The second-order valence-electron chi connectivity index (χ2n) is 8.73. The average molecular weight is 590 g/mol. The van der Waals surface area contributed by atoms with Crippen LogP contribution in [0.2, 0.25) is 0 Å². The Morgan fingerprint density at radius 2 is 0.971 bits per heavy atom. The number of Topliss-reactive ketones (excluding diaryl/α,β-unsaturated/α-hetero) is 2. The molecular weight excluding hydrogens is 560 g/mol. The summed E-state index contributed by atoms with van der Waals surface area (Å²) < 4.78 is 12.6. The van der Waals surface area contributed by atoms with Crippen molar-refractivity contribution in [2.24, 2.45) is 0 Å². The molecule has 0 N–H and O–H groups in total. The fourth-order valence-electron chi connectivity index (χ4n) is 4.70. The molecule has 0 spiro atoms. The van der Waals surface area contributed by atoms with Crippen molar-refractivity contribution in [3.8, 4) is 0 Å². The smallest absolute Gasteiger partial charge is 0.167 e. The Kier molecular flexibility index (Phi) is 8.58. The third-order valence-electron chi connectivity index (χ3n) is 6.13. The van der Waals surface area contributed by atoms with Crippen LogP contribution in [0.1, 0.15) is 59.1 Å². The van der Waals surface area contributed by atoms with E-state index in [1.807, 2.05) is 39.8 Å². The molecule has 0 saturated heterocycles. The minimum Gasteiger partial charge on any atom is -0.500 e. The van der Waals surface area contributed by atoms with E-state index in [1.165, 1.54) is 11.1 Å². The van der Waals surface area contributed by atoms with Gasteiger partial charge in [-0.1, -0.05) is 44.0 Å². The molecule has 0 bridgehead atoms.